The lowest BCUT2D eigenvalue weighted by Crippen LogP contribution is -2.48. The maximum atomic E-state index is 12.4. The minimum atomic E-state index is -0.0945. The van der Waals surface area contributed by atoms with Gasteiger partial charge in [0.2, 0.25) is 5.95 Å². The second-order valence-electron chi connectivity index (χ2n) is 5.53. The Morgan fingerprint density at radius 2 is 2.13 bits per heavy atom. The van der Waals surface area contributed by atoms with E-state index in [2.05, 4.69) is 26.1 Å². The number of hydrogen-bond acceptors (Lipinski definition) is 4. The summed E-state index contributed by atoms with van der Waals surface area (Å²) in [7, 11) is 0. The molecule has 2 aromatic rings. The molecule has 2 heterocycles. The SMILES string of the molecule is C#Cc1cccc(C(=O)NC2CCCN(c3ncccn3)C2)c1. The lowest BCUT2D eigenvalue weighted by Gasteiger charge is -2.33. The fraction of sp³-hybridized carbons (Fsp3) is 0.278. The maximum Gasteiger partial charge on any atom is 0.251 e. The number of hydrogen-bond donors (Lipinski definition) is 1. The van der Waals surface area contributed by atoms with Crippen LogP contribution in [-0.2, 0) is 0 Å². The normalized spacial score (nSPS) is 17.3. The highest BCUT2D eigenvalue weighted by Gasteiger charge is 2.23. The molecule has 1 fully saturated rings. The highest BCUT2D eigenvalue weighted by atomic mass is 16.1. The van der Waals surface area contributed by atoms with Gasteiger partial charge >= 0.3 is 0 Å². The van der Waals surface area contributed by atoms with Crippen LogP contribution in [0.15, 0.2) is 42.7 Å². The summed E-state index contributed by atoms with van der Waals surface area (Å²) in [5, 5.41) is 3.08. The largest absolute Gasteiger partial charge is 0.348 e. The van der Waals surface area contributed by atoms with E-state index in [-0.39, 0.29) is 11.9 Å². The first-order valence-corrected chi connectivity index (χ1v) is 7.66. The van der Waals surface area contributed by atoms with Crippen LogP contribution in [0.2, 0.25) is 0 Å². The van der Waals surface area contributed by atoms with Gasteiger partial charge in [-0.25, -0.2) is 9.97 Å². The third kappa shape index (κ3) is 3.67. The Labute approximate surface area is 135 Å². The van der Waals surface area contributed by atoms with Gasteiger partial charge in [-0.1, -0.05) is 12.0 Å². The van der Waals surface area contributed by atoms with Crippen LogP contribution in [0.4, 0.5) is 5.95 Å². The van der Waals surface area contributed by atoms with Crippen molar-refractivity contribution in [3.05, 3.63) is 53.9 Å². The smallest absolute Gasteiger partial charge is 0.251 e. The Morgan fingerprint density at radius 3 is 2.91 bits per heavy atom. The maximum absolute atomic E-state index is 12.4. The molecule has 1 aliphatic rings. The first kappa shape index (κ1) is 15.0. The molecule has 116 valence electrons. The fourth-order valence-electron chi connectivity index (χ4n) is 2.75. The standard InChI is InChI=1S/C18H18N4O/c1-2-14-6-3-7-15(12-14)17(23)21-16-8-4-11-22(13-16)18-19-9-5-10-20-18/h1,3,5-7,9-10,12,16H,4,8,11,13H2,(H,21,23). The van der Waals surface area contributed by atoms with Gasteiger partial charge in [-0.3, -0.25) is 4.79 Å². The second kappa shape index (κ2) is 6.93. The zero-order valence-electron chi connectivity index (χ0n) is 12.8. The minimum Gasteiger partial charge on any atom is -0.348 e. The lowest BCUT2D eigenvalue weighted by atomic mass is 10.0. The van der Waals surface area contributed by atoms with Crippen molar-refractivity contribution in [1.82, 2.24) is 15.3 Å². The number of amides is 1. The molecule has 1 aliphatic heterocycles. The summed E-state index contributed by atoms with van der Waals surface area (Å²) in [6.45, 7) is 1.62. The summed E-state index contributed by atoms with van der Waals surface area (Å²) < 4.78 is 0. The highest BCUT2D eigenvalue weighted by molar-refractivity contribution is 5.94. The molecule has 23 heavy (non-hydrogen) atoms. The van der Waals surface area contributed by atoms with E-state index in [1.165, 1.54) is 0 Å². The molecule has 1 amide bonds. The molecular formula is C18H18N4O. The molecule has 5 nitrogen and oxygen atoms in total. The van der Waals surface area contributed by atoms with Gasteiger partial charge in [-0.2, -0.15) is 0 Å². The first-order valence-electron chi connectivity index (χ1n) is 7.66. The number of carbonyl (C=O) groups excluding carboxylic acids is 1. The molecule has 0 radical (unpaired) electrons. The third-order valence-electron chi connectivity index (χ3n) is 3.88. The molecular weight excluding hydrogens is 288 g/mol. The molecule has 1 aromatic heterocycles. The van der Waals surface area contributed by atoms with Crippen LogP contribution in [0.3, 0.4) is 0 Å². The number of carbonyl (C=O) groups is 1. The number of nitrogens with one attached hydrogen (secondary N) is 1. The number of nitrogens with zero attached hydrogens (tertiary/aromatic N) is 3. The van der Waals surface area contributed by atoms with E-state index >= 15 is 0 Å². The average Bonchev–Trinajstić information content (AvgIpc) is 2.63. The highest BCUT2D eigenvalue weighted by Crippen LogP contribution is 2.16. The van der Waals surface area contributed by atoms with Crippen LogP contribution in [0.5, 0.6) is 0 Å². The van der Waals surface area contributed by atoms with Crippen molar-refractivity contribution >= 4 is 11.9 Å². The Morgan fingerprint density at radius 1 is 1.30 bits per heavy atom. The molecule has 1 N–H and O–H groups in total. The molecule has 0 saturated carbocycles. The molecule has 5 heteroatoms. The van der Waals surface area contributed by atoms with E-state index in [1.54, 1.807) is 36.7 Å². The van der Waals surface area contributed by atoms with Gasteiger partial charge < -0.3 is 10.2 Å². The Bertz CT molecular complexity index is 723. The van der Waals surface area contributed by atoms with Crippen molar-refractivity contribution in [2.45, 2.75) is 18.9 Å². The van der Waals surface area contributed by atoms with Crippen LogP contribution in [0.1, 0.15) is 28.8 Å². The molecule has 1 aromatic carbocycles. The van der Waals surface area contributed by atoms with Crippen molar-refractivity contribution in [2.75, 3.05) is 18.0 Å². The number of benzene rings is 1. The zero-order chi connectivity index (χ0) is 16.1. The summed E-state index contributed by atoms with van der Waals surface area (Å²) >= 11 is 0. The predicted octanol–water partition coefficient (Wildman–Crippen LogP) is 1.86. The van der Waals surface area contributed by atoms with Crippen LogP contribution in [-0.4, -0.2) is 35.0 Å². The van der Waals surface area contributed by atoms with Crippen molar-refractivity contribution in [2.24, 2.45) is 0 Å². The van der Waals surface area contributed by atoms with E-state index in [0.717, 1.165) is 19.4 Å². The van der Waals surface area contributed by atoms with Crippen molar-refractivity contribution in [3.8, 4) is 12.3 Å². The molecule has 1 atom stereocenters. The monoisotopic (exact) mass is 306 g/mol. The second-order valence-corrected chi connectivity index (χ2v) is 5.53. The molecule has 3 rings (SSSR count). The average molecular weight is 306 g/mol. The first-order chi connectivity index (χ1) is 11.3. The van der Waals surface area contributed by atoms with Gasteiger partial charge in [0.15, 0.2) is 0 Å². The summed E-state index contributed by atoms with van der Waals surface area (Å²) in [4.78, 5) is 23.1. The van der Waals surface area contributed by atoms with Crippen molar-refractivity contribution in [3.63, 3.8) is 0 Å². The molecule has 0 spiro atoms. The number of rotatable bonds is 3. The van der Waals surface area contributed by atoms with Gasteiger partial charge in [0.25, 0.3) is 5.91 Å². The number of anilines is 1. The Kier molecular flexibility index (Phi) is 4.53. The van der Waals surface area contributed by atoms with Gasteiger partial charge in [-0.15, -0.1) is 6.42 Å². The number of aromatic nitrogens is 2. The summed E-state index contributed by atoms with van der Waals surface area (Å²) in [5.41, 5.74) is 1.30. The molecule has 1 unspecified atom stereocenters. The Balaban J connectivity index is 1.65. The van der Waals surface area contributed by atoms with E-state index < -0.39 is 0 Å². The van der Waals surface area contributed by atoms with Gasteiger partial charge in [0.1, 0.15) is 0 Å². The van der Waals surface area contributed by atoms with E-state index in [4.69, 9.17) is 6.42 Å². The van der Waals surface area contributed by atoms with Gasteiger partial charge in [0.05, 0.1) is 0 Å². The Hall–Kier alpha value is -2.87. The fourth-order valence-corrected chi connectivity index (χ4v) is 2.75. The number of terminal acetylenes is 1. The van der Waals surface area contributed by atoms with E-state index in [9.17, 15) is 4.79 Å². The van der Waals surface area contributed by atoms with Crippen LogP contribution in [0, 0.1) is 12.3 Å². The zero-order valence-corrected chi connectivity index (χ0v) is 12.8. The van der Waals surface area contributed by atoms with Crippen LogP contribution in [0.25, 0.3) is 0 Å². The topological polar surface area (TPSA) is 58.1 Å². The van der Waals surface area contributed by atoms with Crippen molar-refractivity contribution < 1.29 is 4.79 Å². The minimum absolute atomic E-state index is 0.0783. The van der Waals surface area contributed by atoms with Crippen molar-refractivity contribution in [1.29, 1.82) is 0 Å². The van der Waals surface area contributed by atoms with E-state index in [0.29, 0.717) is 23.6 Å². The van der Waals surface area contributed by atoms with Crippen LogP contribution >= 0.6 is 0 Å². The molecule has 0 bridgehead atoms. The molecule has 1 saturated heterocycles. The quantitative estimate of drug-likeness (QED) is 0.879. The van der Waals surface area contributed by atoms with E-state index in [1.807, 2.05) is 6.07 Å². The molecule has 0 aliphatic carbocycles. The summed E-state index contributed by atoms with van der Waals surface area (Å²) in [5.74, 6) is 3.16. The third-order valence-corrected chi connectivity index (χ3v) is 3.88. The number of piperidine rings is 1. The van der Waals surface area contributed by atoms with Gasteiger partial charge in [-0.05, 0) is 37.1 Å². The van der Waals surface area contributed by atoms with Crippen LogP contribution < -0.4 is 10.2 Å². The summed E-state index contributed by atoms with van der Waals surface area (Å²) in [6, 6.07) is 8.99. The lowest BCUT2D eigenvalue weighted by molar-refractivity contribution is 0.0933. The summed E-state index contributed by atoms with van der Waals surface area (Å²) in [6.07, 6.45) is 10.8. The van der Waals surface area contributed by atoms with Gasteiger partial charge in [0, 0.05) is 42.7 Å². The predicted molar refractivity (Wildman–Crippen MR) is 89.1 cm³/mol.